The zero-order valence-electron chi connectivity index (χ0n) is 14.1. The first-order valence-electron chi connectivity index (χ1n) is 8.54. The van der Waals surface area contributed by atoms with E-state index in [0.29, 0.717) is 12.6 Å². The highest BCUT2D eigenvalue weighted by Gasteiger charge is 2.18. The molecule has 3 N–H and O–H groups in total. The van der Waals surface area contributed by atoms with Crippen LogP contribution in [0.2, 0.25) is 0 Å². The van der Waals surface area contributed by atoms with Crippen LogP contribution in [0.4, 0.5) is 0 Å². The topological polar surface area (TPSA) is 61.6 Å². The Morgan fingerprint density at radius 1 is 1.33 bits per heavy atom. The molecular formula is C16H34N4O. The van der Waals surface area contributed by atoms with E-state index in [9.17, 15) is 4.79 Å². The summed E-state index contributed by atoms with van der Waals surface area (Å²) < 4.78 is 0. The van der Waals surface area contributed by atoms with E-state index in [-0.39, 0.29) is 11.9 Å². The Labute approximate surface area is 130 Å². The Balaban J connectivity index is 2.12. The lowest BCUT2D eigenvalue weighted by atomic mass is 10.1. The Hall–Kier alpha value is -0.650. The maximum Gasteiger partial charge on any atom is 0.234 e. The summed E-state index contributed by atoms with van der Waals surface area (Å²) in [4.78, 5) is 16.6. The third-order valence-electron chi connectivity index (χ3n) is 4.41. The number of rotatable bonds is 9. The molecule has 0 aromatic carbocycles. The minimum Gasteiger partial charge on any atom is -0.353 e. The lowest BCUT2D eigenvalue weighted by Gasteiger charge is -2.29. The molecule has 1 aliphatic rings. The van der Waals surface area contributed by atoms with Gasteiger partial charge in [-0.25, -0.2) is 0 Å². The van der Waals surface area contributed by atoms with Crippen molar-refractivity contribution in [2.45, 2.75) is 58.5 Å². The fraction of sp³-hybridized carbons (Fsp3) is 0.938. The van der Waals surface area contributed by atoms with Crippen LogP contribution >= 0.6 is 0 Å². The van der Waals surface area contributed by atoms with E-state index < -0.39 is 0 Å². The van der Waals surface area contributed by atoms with Crippen molar-refractivity contribution in [3.05, 3.63) is 0 Å². The molecule has 124 valence electrons. The molecule has 1 amide bonds. The van der Waals surface area contributed by atoms with Crippen molar-refractivity contribution in [3.63, 3.8) is 0 Å². The number of hydrogen-bond acceptors (Lipinski definition) is 4. The van der Waals surface area contributed by atoms with Crippen LogP contribution in [0.3, 0.4) is 0 Å². The molecule has 0 bridgehead atoms. The third kappa shape index (κ3) is 7.79. The molecule has 1 heterocycles. The van der Waals surface area contributed by atoms with Gasteiger partial charge in [0.15, 0.2) is 0 Å². The van der Waals surface area contributed by atoms with Gasteiger partial charge in [0.05, 0.1) is 6.54 Å². The summed E-state index contributed by atoms with van der Waals surface area (Å²) in [6.07, 6.45) is 4.20. The van der Waals surface area contributed by atoms with Crippen LogP contribution < -0.4 is 11.1 Å². The molecule has 1 saturated heterocycles. The smallest absolute Gasteiger partial charge is 0.234 e. The van der Waals surface area contributed by atoms with Gasteiger partial charge in [-0.2, -0.15) is 0 Å². The zero-order chi connectivity index (χ0) is 15.7. The maximum absolute atomic E-state index is 12.0. The first kappa shape index (κ1) is 18.4. The van der Waals surface area contributed by atoms with Crippen molar-refractivity contribution in [2.24, 2.45) is 5.73 Å². The summed E-state index contributed by atoms with van der Waals surface area (Å²) in [5, 5.41) is 3.12. The number of carbonyl (C=O) groups excluding carboxylic acids is 1. The van der Waals surface area contributed by atoms with E-state index in [2.05, 4.69) is 35.9 Å². The van der Waals surface area contributed by atoms with Crippen molar-refractivity contribution in [1.29, 1.82) is 0 Å². The second-order valence-corrected chi connectivity index (χ2v) is 6.25. The minimum atomic E-state index is 0.154. The van der Waals surface area contributed by atoms with Gasteiger partial charge in [0.2, 0.25) is 5.91 Å². The van der Waals surface area contributed by atoms with Crippen LogP contribution in [0.5, 0.6) is 0 Å². The highest BCUT2D eigenvalue weighted by atomic mass is 16.2. The summed E-state index contributed by atoms with van der Waals surface area (Å²) in [7, 11) is 0. The van der Waals surface area contributed by atoms with Gasteiger partial charge in [0.25, 0.3) is 0 Å². The van der Waals surface area contributed by atoms with Gasteiger partial charge in [-0.3, -0.25) is 9.69 Å². The molecule has 21 heavy (non-hydrogen) atoms. The molecule has 0 radical (unpaired) electrons. The Morgan fingerprint density at radius 3 is 2.52 bits per heavy atom. The monoisotopic (exact) mass is 298 g/mol. The molecule has 1 aliphatic heterocycles. The summed E-state index contributed by atoms with van der Waals surface area (Å²) in [5.41, 5.74) is 5.88. The van der Waals surface area contributed by atoms with Crippen molar-refractivity contribution >= 4 is 5.91 Å². The van der Waals surface area contributed by atoms with Crippen LogP contribution in [-0.4, -0.2) is 67.1 Å². The largest absolute Gasteiger partial charge is 0.353 e. The highest BCUT2D eigenvalue weighted by molar-refractivity contribution is 5.78. The Morgan fingerprint density at radius 2 is 1.95 bits per heavy atom. The van der Waals surface area contributed by atoms with E-state index in [0.717, 1.165) is 58.4 Å². The van der Waals surface area contributed by atoms with E-state index in [4.69, 9.17) is 5.73 Å². The first-order valence-corrected chi connectivity index (χ1v) is 8.54. The van der Waals surface area contributed by atoms with Gasteiger partial charge in [0.1, 0.15) is 0 Å². The number of nitrogens with one attached hydrogen (secondary N) is 1. The van der Waals surface area contributed by atoms with E-state index in [1.165, 1.54) is 0 Å². The minimum absolute atomic E-state index is 0.154. The molecule has 5 heteroatoms. The predicted molar refractivity (Wildman–Crippen MR) is 88.3 cm³/mol. The molecule has 0 saturated carbocycles. The summed E-state index contributed by atoms with van der Waals surface area (Å²) >= 11 is 0. The lowest BCUT2D eigenvalue weighted by Crippen LogP contribution is -2.46. The molecule has 0 spiro atoms. The number of nitrogens with two attached hydrogens (primary N) is 1. The van der Waals surface area contributed by atoms with Crippen molar-refractivity contribution in [2.75, 3.05) is 39.3 Å². The fourth-order valence-corrected chi connectivity index (χ4v) is 2.87. The molecular weight excluding hydrogens is 264 g/mol. The number of hydrogen-bond donors (Lipinski definition) is 2. The van der Waals surface area contributed by atoms with Gasteiger partial charge >= 0.3 is 0 Å². The average molecular weight is 298 g/mol. The van der Waals surface area contributed by atoms with Crippen molar-refractivity contribution in [3.8, 4) is 0 Å². The number of nitrogens with zero attached hydrogens (tertiary/aromatic N) is 2. The summed E-state index contributed by atoms with van der Waals surface area (Å²) in [5.74, 6) is 0.154. The lowest BCUT2D eigenvalue weighted by molar-refractivity contribution is -0.123. The zero-order valence-corrected chi connectivity index (χ0v) is 14.1. The van der Waals surface area contributed by atoms with Crippen LogP contribution in [0.1, 0.15) is 46.5 Å². The van der Waals surface area contributed by atoms with Crippen LogP contribution in [0, 0.1) is 0 Å². The van der Waals surface area contributed by atoms with Gasteiger partial charge in [-0.1, -0.05) is 13.8 Å². The molecule has 1 unspecified atom stereocenters. The quantitative estimate of drug-likeness (QED) is 0.667. The molecule has 1 rings (SSSR count). The second-order valence-electron chi connectivity index (χ2n) is 6.25. The molecule has 0 aliphatic carbocycles. The van der Waals surface area contributed by atoms with Gasteiger partial charge in [-0.15, -0.1) is 0 Å². The SMILES string of the molecule is CCN(CC)CCCC(C)NC(=O)CN1CCC(N)CC1. The standard InChI is InChI=1S/C16H34N4O/c1-4-19(5-2)10-6-7-14(3)18-16(21)13-20-11-8-15(17)9-12-20/h14-15H,4-13,17H2,1-3H3,(H,18,21). The number of piperidine rings is 1. The molecule has 5 nitrogen and oxygen atoms in total. The second kappa shape index (κ2) is 10.1. The number of likely N-dealkylation sites (tertiary alicyclic amines) is 1. The van der Waals surface area contributed by atoms with Gasteiger partial charge in [-0.05, 0) is 52.2 Å². The van der Waals surface area contributed by atoms with Crippen LogP contribution in [0.25, 0.3) is 0 Å². The van der Waals surface area contributed by atoms with Crippen molar-refractivity contribution < 1.29 is 4.79 Å². The number of carbonyl (C=O) groups is 1. The van der Waals surface area contributed by atoms with Crippen LogP contribution in [-0.2, 0) is 4.79 Å². The van der Waals surface area contributed by atoms with E-state index in [1.807, 2.05) is 0 Å². The molecule has 1 fully saturated rings. The predicted octanol–water partition coefficient (Wildman–Crippen LogP) is 1.04. The Kier molecular flexibility index (Phi) is 8.88. The van der Waals surface area contributed by atoms with Crippen LogP contribution in [0.15, 0.2) is 0 Å². The summed E-state index contributed by atoms with van der Waals surface area (Å²) in [6, 6.07) is 0.587. The first-order chi connectivity index (χ1) is 10.0. The van der Waals surface area contributed by atoms with Gasteiger partial charge in [0, 0.05) is 25.2 Å². The molecule has 0 aromatic rings. The molecule has 0 aromatic heterocycles. The molecule has 1 atom stereocenters. The van der Waals surface area contributed by atoms with Crippen molar-refractivity contribution in [1.82, 2.24) is 15.1 Å². The third-order valence-corrected chi connectivity index (χ3v) is 4.41. The van der Waals surface area contributed by atoms with E-state index in [1.54, 1.807) is 0 Å². The Bertz CT molecular complexity index is 286. The average Bonchev–Trinajstić information content (AvgIpc) is 2.46. The highest BCUT2D eigenvalue weighted by Crippen LogP contribution is 2.07. The maximum atomic E-state index is 12.0. The van der Waals surface area contributed by atoms with Gasteiger partial charge < -0.3 is 16.0 Å². The summed E-state index contributed by atoms with van der Waals surface area (Å²) in [6.45, 7) is 12.2. The van der Waals surface area contributed by atoms with E-state index >= 15 is 0 Å². The normalized spacial score (nSPS) is 18.9. The fourth-order valence-electron chi connectivity index (χ4n) is 2.87. The number of amides is 1.